The zero-order valence-corrected chi connectivity index (χ0v) is 10.9. The molecule has 0 bridgehead atoms. The number of rotatable bonds is 2. The minimum Gasteiger partial charge on any atom is -0.399 e. The lowest BCUT2D eigenvalue weighted by molar-refractivity contribution is 1.33. The fourth-order valence-corrected chi connectivity index (χ4v) is 1.66. The van der Waals surface area contributed by atoms with Gasteiger partial charge in [-0.3, -0.25) is 0 Å². The minimum absolute atomic E-state index is 0.443. The molecule has 0 spiro atoms. The smallest absolute Gasteiger partial charge is 0.175 e. The van der Waals surface area contributed by atoms with Gasteiger partial charge in [-0.25, -0.2) is 4.98 Å². The Balaban J connectivity index is 1.96. The van der Waals surface area contributed by atoms with Gasteiger partial charge < -0.3 is 16.4 Å². The molecule has 0 aliphatic rings. The normalized spacial score (nSPS) is 9.83. The van der Waals surface area contributed by atoms with E-state index in [0.29, 0.717) is 16.0 Å². The van der Waals surface area contributed by atoms with Crippen molar-refractivity contribution in [1.29, 1.82) is 0 Å². The SMILES string of the molecule is Nc1ccc(NC(=S)Nc2ccc(Cl)nc2)cc1. The standard InChI is InChI=1S/C12H11ClN4S/c13-11-6-5-10(7-15-11)17-12(18)16-9-3-1-8(14)2-4-9/h1-7H,14H2,(H2,16,17,18). The Morgan fingerprint density at radius 3 is 2.28 bits per heavy atom. The molecular weight excluding hydrogens is 268 g/mol. The third-order valence-electron chi connectivity index (χ3n) is 2.15. The van der Waals surface area contributed by atoms with Gasteiger partial charge in [0.05, 0.1) is 11.9 Å². The van der Waals surface area contributed by atoms with Crippen LogP contribution >= 0.6 is 23.8 Å². The summed E-state index contributed by atoms with van der Waals surface area (Å²) in [6.45, 7) is 0. The van der Waals surface area contributed by atoms with Crippen LogP contribution in [0.15, 0.2) is 42.6 Å². The number of halogens is 1. The summed E-state index contributed by atoms with van der Waals surface area (Å²) in [5.74, 6) is 0. The van der Waals surface area contributed by atoms with Gasteiger partial charge in [0.1, 0.15) is 5.15 Å². The predicted molar refractivity (Wildman–Crippen MR) is 79.9 cm³/mol. The van der Waals surface area contributed by atoms with Gasteiger partial charge in [0.15, 0.2) is 5.11 Å². The first-order valence-electron chi connectivity index (χ1n) is 5.18. The average molecular weight is 279 g/mol. The van der Waals surface area contributed by atoms with Gasteiger partial charge in [-0.1, -0.05) is 11.6 Å². The first-order valence-corrected chi connectivity index (χ1v) is 5.97. The van der Waals surface area contributed by atoms with Crippen LogP contribution in [-0.4, -0.2) is 10.1 Å². The van der Waals surface area contributed by atoms with Crippen molar-refractivity contribution in [2.45, 2.75) is 0 Å². The molecule has 0 atom stereocenters. The average Bonchev–Trinajstić information content (AvgIpc) is 2.35. The first kappa shape index (κ1) is 12.6. The second kappa shape index (κ2) is 5.66. The summed E-state index contributed by atoms with van der Waals surface area (Å²) in [6, 6.07) is 10.8. The highest BCUT2D eigenvalue weighted by Crippen LogP contribution is 2.13. The van der Waals surface area contributed by atoms with Crippen LogP contribution in [0.2, 0.25) is 5.15 Å². The molecule has 1 aromatic carbocycles. The molecule has 4 nitrogen and oxygen atoms in total. The molecule has 2 rings (SSSR count). The Hall–Kier alpha value is -1.85. The van der Waals surface area contributed by atoms with Crippen LogP contribution in [0.25, 0.3) is 0 Å². The topological polar surface area (TPSA) is 63.0 Å². The van der Waals surface area contributed by atoms with E-state index in [1.807, 2.05) is 12.1 Å². The Morgan fingerprint density at radius 1 is 1.06 bits per heavy atom. The summed E-state index contributed by atoms with van der Waals surface area (Å²) in [6.07, 6.45) is 1.61. The molecule has 4 N–H and O–H groups in total. The van der Waals surface area contributed by atoms with E-state index in [1.54, 1.807) is 30.5 Å². The number of hydrogen-bond acceptors (Lipinski definition) is 3. The summed E-state index contributed by atoms with van der Waals surface area (Å²) in [5.41, 5.74) is 7.94. The van der Waals surface area contributed by atoms with E-state index in [2.05, 4.69) is 15.6 Å². The van der Waals surface area contributed by atoms with Gasteiger partial charge in [-0.05, 0) is 48.6 Å². The Bertz CT molecular complexity index is 490. The maximum atomic E-state index is 5.69. The molecular formula is C12H11ClN4S. The Kier molecular flexibility index (Phi) is 3.96. The van der Waals surface area contributed by atoms with E-state index in [1.165, 1.54) is 0 Å². The molecule has 92 valence electrons. The molecule has 18 heavy (non-hydrogen) atoms. The van der Waals surface area contributed by atoms with Gasteiger partial charge >= 0.3 is 0 Å². The van der Waals surface area contributed by atoms with Crippen molar-refractivity contribution in [1.82, 2.24) is 4.98 Å². The molecule has 0 saturated heterocycles. The highest BCUT2D eigenvalue weighted by Gasteiger charge is 1.99. The highest BCUT2D eigenvalue weighted by molar-refractivity contribution is 7.80. The molecule has 1 heterocycles. The summed E-state index contributed by atoms with van der Waals surface area (Å²) in [5, 5.41) is 6.95. The summed E-state index contributed by atoms with van der Waals surface area (Å²) < 4.78 is 0. The lowest BCUT2D eigenvalue weighted by atomic mass is 10.3. The van der Waals surface area contributed by atoms with E-state index < -0.39 is 0 Å². The lowest BCUT2D eigenvalue weighted by Gasteiger charge is -2.10. The number of nitrogens with zero attached hydrogens (tertiary/aromatic N) is 1. The zero-order valence-electron chi connectivity index (χ0n) is 9.35. The molecule has 6 heteroatoms. The van der Waals surface area contributed by atoms with Crippen molar-refractivity contribution in [2.24, 2.45) is 0 Å². The van der Waals surface area contributed by atoms with E-state index in [9.17, 15) is 0 Å². The molecule has 2 aromatic rings. The number of thiocarbonyl (C=S) groups is 1. The van der Waals surface area contributed by atoms with Crippen molar-refractivity contribution >= 4 is 46.0 Å². The number of benzene rings is 1. The second-order valence-electron chi connectivity index (χ2n) is 3.57. The number of pyridine rings is 1. The number of aromatic nitrogens is 1. The van der Waals surface area contributed by atoms with Crippen LogP contribution in [0.1, 0.15) is 0 Å². The minimum atomic E-state index is 0.443. The van der Waals surface area contributed by atoms with Crippen molar-refractivity contribution in [2.75, 3.05) is 16.4 Å². The molecule has 0 radical (unpaired) electrons. The monoisotopic (exact) mass is 278 g/mol. The lowest BCUT2D eigenvalue weighted by Crippen LogP contribution is -2.19. The van der Waals surface area contributed by atoms with E-state index in [0.717, 1.165) is 11.4 Å². The van der Waals surface area contributed by atoms with Gasteiger partial charge in [-0.15, -0.1) is 0 Å². The molecule has 0 unspecified atom stereocenters. The van der Waals surface area contributed by atoms with E-state index in [-0.39, 0.29) is 0 Å². The van der Waals surface area contributed by atoms with Crippen molar-refractivity contribution in [3.63, 3.8) is 0 Å². The van der Waals surface area contributed by atoms with E-state index >= 15 is 0 Å². The molecule has 1 aromatic heterocycles. The Morgan fingerprint density at radius 2 is 1.67 bits per heavy atom. The number of nitrogen functional groups attached to an aromatic ring is 1. The van der Waals surface area contributed by atoms with Crippen LogP contribution in [0.5, 0.6) is 0 Å². The van der Waals surface area contributed by atoms with Crippen LogP contribution in [-0.2, 0) is 0 Å². The largest absolute Gasteiger partial charge is 0.399 e. The quantitative estimate of drug-likeness (QED) is 0.447. The fraction of sp³-hybridized carbons (Fsp3) is 0. The summed E-state index contributed by atoms with van der Waals surface area (Å²) in [4.78, 5) is 3.95. The van der Waals surface area contributed by atoms with Gasteiger partial charge in [0.2, 0.25) is 0 Å². The zero-order chi connectivity index (χ0) is 13.0. The van der Waals surface area contributed by atoms with Crippen LogP contribution in [0, 0.1) is 0 Å². The van der Waals surface area contributed by atoms with Gasteiger partial charge in [0.25, 0.3) is 0 Å². The number of anilines is 3. The van der Waals surface area contributed by atoms with Crippen molar-refractivity contribution < 1.29 is 0 Å². The third kappa shape index (κ3) is 3.58. The maximum Gasteiger partial charge on any atom is 0.175 e. The van der Waals surface area contributed by atoms with Gasteiger partial charge in [0, 0.05) is 11.4 Å². The van der Waals surface area contributed by atoms with Crippen LogP contribution < -0.4 is 16.4 Å². The molecule has 0 aliphatic heterocycles. The maximum absolute atomic E-state index is 5.69. The van der Waals surface area contributed by atoms with Gasteiger partial charge in [-0.2, -0.15) is 0 Å². The predicted octanol–water partition coefficient (Wildman–Crippen LogP) is 3.13. The summed E-state index contributed by atoms with van der Waals surface area (Å²) >= 11 is 10.9. The Labute approximate surface area is 115 Å². The van der Waals surface area contributed by atoms with Crippen molar-refractivity contribution in [3.05, 3.63) is 47.7 Å². The second-order valence-corrected chi connectivity index (χ2v) is 4.37. The van der Waals surface area contributed by atoms with Crippen molar-refractivity contribution in [3.8, 4) is 0 Å². The highest BCUT2D eigenvalue weighted by atomic mass is 35.5. The third-order valence-corrected chi connectivity index (χ3v) is 2.58. The van der Waals surface area contributed by atoms with Crippen LogP contribution in [0.3, 0.4) is 0 Å². The van der Waals surface area contributed by atoms with E-state index in [4.69, 9.17) is 29.6 Å². The number of hydrogen-bond donors (Lipinski definition) is 3. The molecule has 0 fully saturated rings. The number of nitrogens with two attached hydrogens (primary N) is 1. The number of nitrogens with one attached hydrogen (secondary N) is 2. The fourth-order valence-electron chi connectivity index (χ4n) is 1.31. The van der Waals surface area contributed by atoms with Crippen LogP contribution in [0.4, 0.5) is 17.1 Å². The molecule has 0 aliphatic carbocycles. The molecule has 0 saturated carbocycles. The first-order chi connectivity index (χ1) is 8.63. The summed E-state index contributed by atoms with van der Waals surface area (Å²) in [7, 11) is 0. The molecule has 0 amide bonds.